The number of carbonyl (C=O) groups excluding carboxylic acids is 2. The summed E-state index contributed by atoms with van der Waals surface area (Å²) in [6.45, 7) is 1.39. The first kappa shape index (κ1) is 20.4. The van der Waals surface area contributed by atoms with Gasteiger partial charge < -0.3 is 19.3 Å². The van der Waals surface area contributed by atoms with Gasteiger partial charge in [-0.15, -0.1) is 0 Å². The van der Waals surface area contributed by atoms with Crippen molar-refractivity contribution in [2.75, 3.05) is 27.3 Å². The Bertz CT molecular complexity index is 748. The van der Waals surface area contributed by atoms with Crippen molar-refractivity contribution in [3.63, 3.8) is 0 Å². The quantitative estimate of drug-likeness (QED) is 0.712. The molecule has 3 aliphatic rings. The summed E-state index contributed by atoms with van der Waals surface area (Å²) >= 11 is 0. The molecule has 1 aromatic carbocycles. The van der Waals surface area contributed by atoms with Gasteiger partial charge in [-0.1, -0.05) is 24.3 Å². The van der Waals surface area contributed by atoms with E-state index in [0.29, 0.717) is 13.1 Å². The molecule has 158 valence electrons. The number of rotatable bonds is 5. The van der Waals surface area contributed by atoms with Gasteiger partial charge in [0, 0.05) is 33.2 Å². The third-order valence-electron chi connectivity index (χ3n) is 6.88. The largest absolute Gasteiger partial charge is 0.354 e. The number of methoxy groups -OCH3 is 2. The van der Waals surface area contributed by atoms with Crippen molar-refractivity contribution in [3.8, 4) is 0 Å². The lowest BCUT2D eigenvalue weighted by Crippen LogP contribution is -2.53. The first-order chi connectivity index (χ1) is 14.1. The maximum atomic E-state index is 13.4. The van der Waals surface area contributed by atoms with Crippen LogP contribution >= 0.6 is 0 Å². The molecule has 6 heteroatoms. The summed E-state index contributed by atoms with van der Waals surface area (Å²) in [6, 6.07) is 7.99. The molecule has 29 heavy (non-hydrogen) atoms. The molecule has 2 fully saturated rings. The number of hydrogen-bond acceptors (Lipinski definition) is 4. The van der Waals surface area contributed by atoms with Gasteiger partial charge in [0.2, 0.25) is 11.8 Å². The molecule has 6 nitrogen and oxygen atoms in total. The van der Waals surface area contributed by atoms with Crippen LogP contribution in [0.4, 0.5) is 0 Å². The lowest BCUT2D eigenvalue weighted by atomic mass is 9.83. The Balaban J connectivity index is 1.46. The highest BCUT2D eigenvalue weighted by atomic mass is 16.7. The van der Waals surface area contributed by atoms with Crippen molar-refractivity contribution >= 4 is 11.8 Å². The van der Waals surface area contributed by atoms with Gasteiger partial charge in [0.1, 0.15) is 6.04 Å². The monoisotopic (exact) mass is 400 g/mol. The lowest BCUT2D eigenvalue weighted by molar-refractivity contribution is -0.162. The number of carbonyl (C=O) groups is 2. The minimum absolute atomic E-state index is 0.0154. The Kier molecular flexibility index (Phi) is 6.20. The van der Waals surface area contributed by atoms with Crippen molar-refractivity contribution in [2.45, 2.75) is 63.3 Å². The Labute approximate surface area is 173 Å². The third kappa shape index (κ3) is 3.92. The lowest BCUT2D eigenvalue weighted by Gasteiger charge is -2.35. The molecule has 0 unspecified atom stereocenters. The fraction of sp³-hybridized carbons (Fsp3) is 0.652. The molecule has 0 bridgehead atoms. The molecule has 4 rings (SSSR count). The summed E-state index contributed by atoms with van der Waals surface area (Å²) in [5.41, 5.74) is 2.64. The third-order valence-corrected chi connectivity index (χ3v) is 6.88. The molecule has 0 radical (unpaired) electrons. The first-order valence-electron chi connectivity index (χ1n) is 10.9. The van der Waals surface area contributed by atoms with E-state index >= 15 is 0 Å². The number of amides is 2. The predicted molar refractivity (Wildman–Crippen MR) is 109 cm³/mol. The fourth-order valence-corrected chi connectivity index (χ4v) is 5.38. The Morgan fingerprint density at radius 3 is 2.38 bits per heavy atom. The van der Waals surface area contributed by atoms with E-state index in [-0.39, 0.29) is 29.8 Å². The van der Waals surface area contributed by atoms with E-state index in [4.69, 9.17) is 9.47 Å². The molecule has 0 spiro atoms. The topological polar surface area (TPSA) is 59.1 Å². The van der Waals surface area contributed by atoms with Crippen molar-refractivity contribution in [1.29, 1.82) is 0 Å². The van der Waals surface area contributed by atoms with Gasteiger partial charge in [0.15, 0.2) is 6.29 Å². The normalized spacial score (nSPS) is 26.8. The van der Waals surface area contributed by atoms with Crippen LogP contribution in [0.15, 0.2) is 24.3 Å². The summed E-state index contributed by atoms with van der Waals surface area (Å²) in [6.07, 6.45) is 5.64. The van der Waals surface area contributed by atoms with Gasteiger partial charge in [-0.05, 0) is 56.1 Å². The SMILES string of the molecule is COC(OC)[C@@H]1CCCN1C(=O)[C@@H]1CCCN1C(=O)[C@@H]1CCc2ccccc2C1. The standard InChI is InChI=1S/C23H32N2O4/c1-28-23(29-2)20-10-6-14-25(20)22(27)19-9-5-13-24(19)21(26)18-12-11-16-7-3-4-8-17(16)15-18/h3-4,7-8,18-20,23H,5-6,9-15H2,1-2H3/t18-,19+,20+/m1/s1. The maximum absolute atomic E-state index is 13.4. The van der Waals surface area contributed by atoms with Crippen LogP contribution in [-0.4, -0.2) is 67.3 Å². The highest BCUT2D eigenvalue weighted by Gasteiger charge is 2.43. The van der Waals surface area contributed by atoms with E-state index < -0.39 is 6.29 Å². The molecule has 3 atom stereocenters. The Hall–Kier alpha value is -1.92. The van der Waals surface area contributed by atoms with Crippen LogP contribution in [0, 0.1) is 5.92 Å². The summed E-state index contributed by atoms with van der Waals surface area (Å²) in [7, 11) is 3.23. The highest BCUT2D eigenvalue weighted by Crippen LogP contribution is 2.31. The number of aryl methyl sites for hydroxylation is 1. The van der Waals surface area contributed by atoms with E-state index in [1.165, 1.54) is 11.1 Å². The molecule has 0 N–H and O–H groups in total. The fourth-order valence-electron chi connectivity index (χ4n) is 5.38. The second kappa shape index (κ2) is 8.84. The zero-order valence-electron chi connectivity index (χ0n) is 17.5. The number of likely N-dealkylation sites (tertiary alicyclic amines) is 2. The second-order valence-electron chi connectivity index (χ2n) is 8.48. The van der Waals surface area contributed by atoms with Gasteiger partial charge in [-0.3, -0.25) is 9.59 Å². The smallest absolute Gasteiger partial charge is 0.245 e. The number of fused-ring (bicyclic) bond motifs is 1. The van der Waals surface area contributed by atoms with Gasteiger partial charge in [-0.25, -0.2) is 0 Å². The van der Waals surface area contributed by atoms with Crippen molar-refractivity contribution in [1.82, 2.24) is 9.80 Å². The Morgan fingerprint density at radius 1 is 0.931 bits per heavy atom. The summed E-state index contributed by atoms with van der Waals surface area (Å²) in [5, 5.41) is 0. The molecule has 1 aliphatic carbocycles. The van der Waals surface area contributed by atoms with Gasteiger partial charge in [-0.2, -0.15) is 0 Å². The number of ether oxygens (including phenoxy) is 2. The molecular formula is C23H32N2O4. The van der Waals surface area contributed by atoms with E-state index in [0.717, 1.165) is 44.9 Å². The van der Waals surface area contributed by atoms with E-state index in [1.807, 2.05) is 15.9 Å². The number of benzene rings is 1. The maximum Gasteiger partial charge on any atom is 0.245 e. The van der Waals surface area contributed by atoms with E-state index in [1.54, 1.807) is 14.2 Å². The van der Waals surface area contributed by atoms with Gasteiger partial charge in [0.05, 0.1) is 6.04 Å². The number of nitrogens with zero attached hydrogens (tertiary/aromatic N) is 2. The van der Waals surface area contributed by atoms with Crippen molar-refractivity contribution in [3.05, 3.63) is 35.4 Å². The summed E-state index contributed by atoms with van der Waals surface area (Å²) in [5.74, 6) is 0.202. The van der Waals surface area contributed by atoms with Crippen LogP contribution in [0.1, 0.15) is 43.2 Å². The average molecular weight is 401 g/mol. The zero-order valence-corrected chi connectivity index (χ0v) is 17.5. The van der Waals surface area contributed by atoms with E-state index in [9.17, 15) is 9.59 Å². The second-order valence-corrected chi connectivity index (χ2v) is 8.48. The van der Waals surface area contributed by atoms with Gasteiger partial charge >= 0.3 is 0 Å². The molecule has 0 saturated carbocycles. The van der Waals surface area contributed by atoms with Crippen LogP contribution in [0.2, 0.25) is 0 Å². The van der Waals surface area contributed by atoms with Crippen LogP contribution in [0.5, 0.6) is 0 Å². The molecule has 2 aliphatic heterocycles. The first-order valence-corrected chi connectivity index (χ1v) is 10.9. The number of hydrogen-bond donors (Lipinski definition) is 0. The van der Waals surface area contributed by atoms with Crippen LogP contribution in [0.25, 0.3) is 0 Å². The molecule has 2 saturated heterocycles. The minimum Gasteiger partial charge on any atom is -0.354 e. The van der Waals surface area contributed by atoms with Crippen LogP contribution in [-0.2, 0) is 31.9 Å². The Morgan fingerprint density at radius 2 is 1.62 bits per heavy atom. The highest BCUT2D eigenvalue weighted by molar-refractivity contribution is 5.89. The van der Waals surface area contributed by atoms with Crippen LogP contribution in [0.3, 0.4) is 0 Å². The molecule has 2 amide bonds. The van der Waals surface area contributed by atoms with E-state index in [2.05, 4.69) is 18.2 Å². The van der Waals surface area contributed by atoms with Gasteiger partial charge in [0.25, 0.3) is 0 Å². The summed E-state index contributed by atoms with van der Waals surface area (Å²) < 4.78 is 10.9. The van der Waals surface area contributed by atoms with Crippen molar-refractivity contribution in [2.24, 2.45) is 5.92 Å². The molecule has 0 aromatic heterocycles. The average Bonchev–Trinajstić information content (AvgIpc) is 3.43. The zero-order chi connectivity index (χ0) is 20.4. The summed E-state index contributed by atoms with van der Waals surface area (Å²) in [4.78, 5) is 30.5. The molecule has 2 heterocycles. The molecule has 1 aromatic rings. The van der Waals surface area contributed by atoms with Crippen molar-refractivity contribution < 1.29 is 19.1 Å². The predicted octanol–water partition coefficient (Wildman–Crippen LogP) is 2.39. The molecular weight excluding hydrogens is 368 g/mol. The van der Waals surface area contributed by atoms with Crippen LogP contribution < -0.4 is 0 Å². The minimum atomic E-state index is -0.415.